The average Bonchev–Trinajstić information content (AvgIpc) is 3.72. The Morgan fingerprint density at radius 1 is 0.921 bits per heavy atom. The Kier molecular flexibility index (Phi) is 8.21. The van der Waals surface area contributed by atoms with Crippen LogP contribution in [0.1, 0.15) is 52.2 Å². The first-order valence-electron chi connectivity index (χ1n) is 13.1. The number of nitrogen functional groups attached to an aromatic ring is 1. The molecular weight excluding hydrogens is 480 g/mol. The van der Waals surface area contributed by atoms with Crippen molar-refractivity contribution in [3.05, 3.63) is 95.1 Å². The summed E-state index contributed by atoms with van der Waals surface area (Å²) in [5.41, 5.74) is 10.6. The number of amides is 2. The molecule has 2 aliphatic rings. The maximum absolute atomic E-state index is 12.5. The number of hydrogen-bond donors (Lipinski definition) is 4. The Bertz CT molecular complexity index is 1240. The van der Waals surface area contributed by atoms with Gasteiger partial charge < -0.3 is 31.2 Å². The largest absolute Gasteiger partial charge is 0.445 e. The third-order valence-electron chi connectivity index (χ3n) is 7.10. The summed E-state index contributed by atoms with van der Waals surface area (Å²) >= 11 is 0. The normalized spacial score (nSPS) is 18.9. The number of alkyl carbamates (subject to hydrolysis) is 1. The lowest BCUT2D eigenvalue weighted by Crippen LogP contribution is -2.36. The number of carbonyl (C=O) groups excluding carboxylic acids is 2. The zero-order valence-electron chi connectivity index (χ0n) is 21.3. The molecule has 8 nitrogen and oxygen atoms in total. The lowest BCUT2D eigenvalue weighted by Gasteiger charge is -2.23. The van der Waals surface area contributed by atoms with Crippen LogP contribution in [0.5, 0.6) is 0 Å². The van der Waals surface area contributed by atoms with E-state index >= 15 is 0 Å². The van der Waals surface area contributed by atoms with Crippen molar-refractivity contribution in [2.24, 2.45) is 0 Å². The first kappa shape index (κ1) is 25.8. The van der Waals surface area contributed by atoms with E-state index in [0.717, 1.165) is 37.2 Å². The number of para-hydroxylation sites is 2. The van der Waals surface area contributed by atoms with Crippen molar-refractivity contribution in [1.82, 2.24) is 10.6 Å². The van der Waals surface area contributed by atoms with Gasteiger partial charge in [0.15, 0.2) is 0 Å². The number of nitrogens with two attached hydrogens (primary N) is 1. The summed E-state index contributed by atoms with van der Waals surface area (Å²) < 4.78 is 10.8. The fourth-order valence-electron chi connectivity index (χ4n) is 4.73. The van der Waals surface area contributed by atoms with Crippen molar-refractivity contribution in [3.63, 3.8) is 0 Å². The van der Waals surface area contributed by atoms with Crippen molar-refractivity contribution in [2.45, 2.75) is 50.4 Å². The van der Waals surface area contributed by atoms with E-state index in [-0.39, 0.29) is 12.5 Å². The maximum Gasteiger partial charge on any atom is 0.407 e. The molecule has 0 bridgehead atoms. The van der Waals surface area contributed by atoms with E-state index < -0.39 is 6.09 Å². The monoisotopic (exact) mass is 514 g/mol. The number of anilines is 2. The standard InChI is InChI=1S/C30H34N4O4/c31-26-3-1-2-4-27(26)34-29(35)23-11-5-20(6-12-23)18-32-30(36)38-19-21-7-9-22(10-8-21)25-17-28(25)33-24-13-15-37-16-14-24/h1-12,24-25,28,33H,13-19,31H2,(H,32,36)(H,34,35). The minimum Gasteiger partial charge on any atom is -0.445 e. The molecule has 3 aromatic carbocycles. The number of carbonyl (C=O) groups is 2. The van der Waals surface area contributed by atoms with Crippen LogP contribution in [0, 0.1) is 0 Å². The van der Waals surface area contributed by atoms with Crippen molar-refractivity contribution in [2.75, 3.05) is 24.3 Å². The summed E-state index contributed by atoms with van der Waals surface area (Å²) in [6.07, 6.45) is 2.87. The summed E-state index contributed by atoms with van der Waals surface area (Å²) in [5, 5.41) is 9.31. The molecule has 2 unspecified atom stereocenters. The predicted molar refractivity (Wildman–Crippen MR) is 147 cm³/mol. The van der Waals surface area contributed by atoms with Crippen LogP contribution < -0.4 is 21.7 Å². The second-order valence-corrected chi connectivity index (χ2v) is 9.91. The Morgan fingerprint density at radius 2 is 1.63 bits per heavy atom. The van der Waals surface area contributed by atoms with E-state index in [1.165, 1.54) is 12.0 Å². The number of benzene rings is 3. The Hall–Kier alpha value is -3.88. The third kappa shape index (κ3) is 6.90. The van der Waals surface area contributed by atoms with Gasteiger partial charge in [-0.1, -0.05) is 48.5 Å². The van der Waals surface area contributed by atoms with Crippen LogP contribution >= 0.6 is 0 Å². The van der Waals surface area contributed by atoms with Crippen molar-refractivity contribution in [3.8, 4) is 0 Å². The minimum absolute atomic E-state index is 0.211. The molecule has 5 N–H and O–H groups in total. The molecule has 2 amide bonds. The molecule has 8 heteroatoms. The number of ether oxygens (including phenoxy) is 2. The van der Waals surface area contributed by atoms with E-state index in [2.05, 4.69) is 28.1 Å². The van der Waals surface area contributed by atoms with Crippen LogP contribution in [0.25, 0.3) is 0 Å². The molecule has 0 aromatic heterocycles. The molecule has 198 valence electrons. The van der Waals surface area contributed by atoms with Crippen molar-refractivity contribution < 1.29 is 19.1 Å². The quantitative estimate of drug-likeness (QED) is 0.311. The van der Waals surface area contributed by atoms with E-state index in [9.17, 15) is 9.59 Å². The average molecular weight is 515 g/mol. The Morgan fingerprint density at radius 3 is 2.37 bits per heavy atom. The molecule has 0 radical (unpaired) electrons. The highest BCUT2D eigenvalue weighted by Gasteiger charge is 2.39. The van der Waals surface area contributed by atoms with Crippen LogP contribution in [0.15, 0.2) is 72.8 Å². The highest BCUT2D eigenvalue weighted by atomic mass is 16.5. The lowest BCUT2D eigenvalue weighted by atomic mass is 10.1. The third-order valence-corrected chi connectivity index (χ3v) is 7.10. The number of rotatable bonds is 9. The number of hydrogen-bond acceptors (Lipinski definition) is 6. The minimum atomic E-state index is -0.488. The van der Waals surface area contributed by atoms with Crippen LogP contribution in [0.2, 0.25) is 0 Å². The molecule has 1 heterocycles. The second-order valence-electron chi connectivity index (χ2n) is 9.91. The van der Waals surface area contributed by atoms with Crippen molar-refractivity contribution in [1.29, 1.82) is 0 Å². The lowest BCUT2D eigenvalue weighted by molar-refractivity contribution is 0.0774. The van der Waals surface area contributed by atoms with Crippen LogP contribution in [0.4, 0.5) is 16.2 Å². The van der Waals surface area contributed by atoms with E-state index in [1.807, 2.05) is 24.3 Å². The molecular formula is C30H34N4O4. The van der Waals surface area contributed by atoms with Gasteiger partial charge >= 0.3 is 6.09 Å². The van der Waals surface area contributed by atoms with Gasteiger partial charge in [0.1, 0.15) is 6.61 Å². The molecule has 38 heavy (non-hydrogen) atoms. The molecule has 1 aliphatic heterocycles. The molecule has 2 atom stereocenters. The van der Waals surface area contributed by atoms with E-state index in [4.69, 9.17) is 15.2 Å². The number of nitrogens with one attached hydrogen (secondary N) is 3. The highest BCUT2D eigenvalue weighted by molar-refractivity contribution is 6.05. The van der Waals surface area contributed by atoms with Gasteiger partial charge in [-0.25, -0.2) is 4.79 Å². The van der Waals surface area contributed by atoms with Gasteiger partial charge in [-0.3, -0.25) is 4.79 Å². The molecule has 3 aromatic rings. The Labute approximate surface area is 222 Å². The summed E-state index contributed by atoms with van der Waals surface area (Å²) in [5.74, 6) is 0.311. The smallest absolute Gasteiger partial charge is 0.407 e. The topological polar surface area (TPSA) is 115 Å². The SMILES string of the molecule is Nc1ccccc1NC(=O)c1ccc(CNC(=O)OCc2ccc(C3CC3NC3CCOCC3)cc2)cc1. The maximum atomic E-state index is 12.5. The molecule has 5 rings (SSSR count). The first-order valence-corrected chi connectivity index (χ1v) is 13.1. The molecule has 2 fully saturated rings. The van der Waals surface area contributed by atoms with Gasteiger partial charge in [0.25, 0.3) is 5.91 Å². The summed E-state index contributed by atoms with van der Waals surface area (Å²) in [4.78, 5) is 24.6. The van der Waals surface area contributed by atoms with E-state index in [1.54, 1.807) is 36.4 Å². The fraction of sp³-hybridized carbons (Fsp3) is 0.333. The summed E-state index contributed by atoms with van der Waals surface area (Å²) in [6, 6.07) is 23.6. The van der Waals surface area contributed by atoms with Crippen LogP contribution in [-0.2, 0) is 22.6 Å². The van der Waals surface area contributed by atoms with Gasteiger partial charge in [-0.15, -0.1) is 0 Å². The van der Waals surface area contributed by atoms with Gasteiger partial charge in [0.05, 0.1) is 11.4 Å². The molecule has 1 aliphatic carbocycles. The second kappa shape index (κ2) is 12.1. The molecule has 0 spiro atoms. The van der Waals surface area contributed by atoms with Crippen molar-refractivity contribution >= 4 is 23.4 Å². The summed E-state index contributed by atoms with van der Waals surface area (Å²) in [6.45, 7) is 2.22. The predicted octanol–water partition coefficient (Wildman–Crippen LogP) is 4.57. The van der Waals surface area contributed by atoms with Gasteiger partial charge in [-0.2, -0.15) is 0 Å². The van der Waals surface area contributed by atoms with E-state index in [0.29, 0.717) is 41.5 Å². The first-order chi connectivity index (χ1) is 18.5. The van der Waals surface area contributed by atoms with Gasteiger partial charge in [0.2, 0.25) is 0 Å². The zero-order valence-corrected chi connectivity index (χ0v) is 21.3. The van der Waals surface area contributed by atoms with Crippen LogP contribution in [-0.4, -0.2) is 37.3 Å². The molecule has 1 saturated heterocycles. The summed E-state index contributed by atoms with van der Waals surface area (Å²) in [7, 11) is 0. The zero-order chi connectivity index (χ0) is 26.3. The Balaban J connectivity index is 1.02. The van der Waals surface area contributed by atoms with Gasteiger partial charge in [0, 0.05) is 43.3 Å². The highest BCUT2D eigenvalue weighted by Crippen LogP contribution is 2.41. The molecule has 1 saturated carbocycles. The van der Waals surface area contributed by atoms with Gasteiger partial charge in [-0.05, 0) is 60.2 Å². The van der Waals surface area contributed by atoms with Crippen LogP contribution in [0.3, 0.4) is 0 Å². The fourth-order valence-corrected chi connectivity index (χ4v) is 4.73.